The highest BCUT2D eigenvalue weighted by Gasteiger charge is 2.30. The number of anilines is 3. The Morgan fingerprint density at radius 1 is 1.00 bits per heavy atom. The molecular weight excluding hydrogens is 488 g/mol. The van der Waals surface area contributed by atoms with E-state index in [0.717, 1.165) is 22.4 Å². The molecule has 4 N–H and O–H groups in total. The molecule has 8 heteroatoms. The van der Waals surface area contributed by atoms with Gasteiger partial charge in [0.25, 0.3) is 11.5 Å². The second kappa shape index (κ2) is 10.6. The third kappa shape index (κ3) is 5.60. The number of hydrogen-bond donors (Lipinski definition) is 3. The molecule has 0 bridgehead atoms. The molecule has 0 fully saturated rings. The summed E-state index contributed by atoms with van der Waals surface area (Å²) < 4.78 is 1.49. The second-order valence-corrected chi connectivity index (χ2v) is 10.6. The van der Waals surface area contributed by atoms with Gasteiger partial charge in [0.15, 0.2) is 5.82 Å². The number of aromatic nitrogens is 2. The van der Waals surface area contributed by atoms with Gasteiger partial charge in [-0.15, -0.1) is 0 Å². The van der Waals surface area contributed by atoms with Crippen molar-refractivity contribution in [3.8, 4) is 11.3 Å². The summed E-state index contributed by atoms with van der Waals surface area (Å²) in [5.41, 5.74) is 10.6. The summed E-state index contributed by atoms with van der Waals surface area (Å²) in [6.07, 6.45) is 1.70. The molecule has 0 unspecified atom stereocenters. The minimum atomic E-state index is -0.496. The summed E-state index contributed by atoms with van der Waals surface area (Å²) in [5, 5.41) is 10.8. The first-order valence-corrected chi connectivity index (χ1v) is 12.7. The molecule has 0 aliphatic rings. The zero-order valence-electron chi connectivity index (χ0n) is 23.2. The average Bonchev–Trinajstić information content (AvgIpc) is 2.88. The molecule has 0 saturated heterocycles. The summed E-state index contributed by atoms with van der Waals surface area (Å²) in [6, 6.07) is 20.3. The Bertz CT molecular complexity index is 1620. The van der Waals surface area contributed by atoms with Crippen molar-refractivity contribution in [3.63, 3.8) is 0 Å². The maximum atomic E-state index is 13.7. The molecular formula is C31H34N6O2. The van der Waals surface area contributed by atoms with Crippen molar-refractivity contribution in [3.05, 3.63) is 106 Å². The van der Waals surface area contributed by atoms with Gasteiger partial charge < -0.3 is 20.5 Å². The summed E-state index contributed by atoms with van der Waals surface area (Å²) >= 11 is 0. The smallest absolute Gasteiger partial charge is 0.293 e. The summed E-state index contributed by atoms with van der Waals surface area (Å²) in [5.74, 6) is 0.0567. The summed E-state index contributed by atoms with van der Waals surface area (Å²) in [4.78, 5) is 33.2. The fourth-order valence-electron chi connectivity index (χ4n) is 4.54. The highest BCUT2D eigenvalue weighted by molar-refractivity contribution is 6.07. The number of nitrogens with zero attached hydrogens (tertiary/aromatic N) is 3. The molecule has 1 heterocycles. The molecule has 8 nitrogen and oxygen atoms in total. The van der Waals surface area contributed by atoms with E-state index in [1.165, 1.54) is 4.57 Å². The van der Waals surface area contributed by atoms with Crippen LogP contribution in [0.1, 0.15) is 47.8 Å². The fourth-order valence-corrected chi connectivity index (χ4v) is 4.54. The van der Waals surface area contributed by atoms with Crippen molar-refractivity contribution in [2.75, 3.05) is 10.2 Å². The van der Waals surface area contributed by atoms with Crippen LogP contribution in [0.3, 0.4) is 0 Å². The van der Waals surface area contributed by atoms with Crippen LogP contribution < -0.4 is 21.5 Å². The minimum absolute atomic E-state index is 0.0221. The van der Waals surface area contributed by atoms with E-state index in [1.807, 2.05) is 88.0 Å². The number of nitrogens with two attached hydrogens (primary N) is 1. The number of benzene rings is 3. The first-order valence-electron chi connectivity index (χ1n) is 12.7. The molecule has 0 atom stereocenters. The van der Waals surface area contributed by atoms with Gasteiger partial charge in [-0.2, -0.15) is 0 Å². The maximum absolute atomic E-state index is 13.7. The molecule has 0 radical (unpaired) electrons. The molecule has 0 aliphatic carbocycles. The lowest BCUT2D eigenvalue weighted by molar-refractivity contribution is 0.0965. The van der Waals surface area contributed by atoms with Crippen molar-refractivity contribution in [1.29, 1.82) is 5.41 Å². The van der Waals surface area contributed by atoms with Crippen molar-refractivity contribution in [2.45, 2.75) is 40.2 Å². The predicted octanol–water partition coefficient (Wildman–Crippen LogP) is 5.54. The van der Waals surface area contributed by atoms with Gasteiger partial charge in [-0.25, -0.2) is 4.98 Å². The number of rotatable bonds is 6. The van der Waals surface area contributed by atoms with Gasteiger partial charge in [-0.1, -0.05) is 30.3 Å². The molecule has 0 saturated carbocycles. The number of aryl methyl sites for hydroxylation is 2. The zero-order valence-corrected chi connectivity index (χ0v) is 23.2. The van der Waals surface area contributed by atoms with E-state index in [4.69, 9.17) is 16.1 Å². The topological polar surface area (TPSA) is 117 Å². The van der Waals surface area contributed by atoms with Crippen molar-refractivity contribution in [1.82, 2.24) is 9.55 Å². The van der Waals surface area contributed by atoms with Gasteiger partial charge in [0.1, 0.15) is 5.84 Å². The normalized spacial score (nSPS) is 11.2. The number of amides is 1. The van der Waals surface area contributed by atoms with Crippen LogP contribution in [0.25, 0.3) is 11.3 Å². The van der Waals surface area contributed by atoms with Gasteiger partial charge >= 0.3 is 0 Å². The molecule has 1 aromatic heterocycles. The Kier molecular flexibility index (Phi) is 7.40. The van der Waals surface area contributed by atoms with Gasteiger partial charge in [0.2, 0.25) is 0 Å². The molecule has 39 heavy (non-hydrogen) atoms. The van der Waals surface area contributed by atoms with Crippen LogP contribution in [-0.4, -0.2) is 26.8 Å². The van der Waals surface area contributed by atoms with Crippen LogP contribution >= 0.6 is 0 Å². The van der Waals surface area contributed by atoms with E-state index in [2.05, 4.69) is 5.32 Å². The van der Waals surface area contributed by atoms with Crippen molar-refractivity contribution >= 4 is 28.9 Å². The molecule has 4 rings (SSSR count). The Balaban J connectivity index is 1.80. The Hall–Kier alpha value is -4.72. The van der Waals surface area contributed by atoms with E-state index in [1.54, 1.807) is 31.4 Å². The van der Waals surface area contributed by atoms with Gasteiger partial charge in [0, 0.05) is 46.8 Å². The third-order valence-corrected chi connectivity index (χ3v) is 6.58. The molecule has 1 amide bonds. The Morgan fingerprint density at radius 3 is 2.31 bits per heavy atom. The monoisotopic (exact) mass is 522 g/mol. The van der Waals surface area contributed by atoms with E-state index in [9.17, 15) is 9.59 Å². The van der Waals surface area contributed by atoms with Crippen LogP contribution in [0.2, 0.25) is 0 Å². The van der Waals surface area contributed by atoms with Gasteiger partial charge in [-0.05, 0) is 82.1 Å². The third-order valence-electron chi connectivity index (χ3n) is 6.58. The lowest BCUT2D eigenvalue weighted by Gasteiger charge is -2.37. The average molecular weight is 523 g/mol. The molecule has 0 aliphatic heterocycles. The van der Waals surface area contributed by atoms with Crippen LogP contribution in [-0.2, 0) is 7.05 Å². The molecule has 200 valence electrons. The number of nitrogen functional groups attached to an aromatic ring is 1. The minimum Gasteiger partial charge on any atom is -0.384 e. The number of carbonyl (C=O) groups is 1. The highest BCUT2D eigenvalue weighted by atomic mass is 16.2. The number of hydrogen-bond acceptors (Lipinski definition) is 5. The summed E-state index contributed by atoms with van der Waals surface area (Å²) in [7, 11) is 1.68. The highest BCUT2D eigenvalue weighted by Crippen LogP contribution is 2.34. The van der Waals surface area contributed by atoms with E-state index in [0.29, 0.717) is 22.5 Å². The Labute approximate surface area is 228 Å². The van der Waals surface area contributed by atoms with Crippen molar-refractivity contribution < 1.29 is 4.79 Å². The number of amidine groups is 1. The SMILES string of the molecule is Cc1cc(C(=N)N)ccc1Nc1nc(-c2cccc(N(C(=O)c3ccccc3)C(C)(C)C)c2C)cn(C)c1=O. The van der Waals surface area contributed by atoms with Crippen LogP contribution in [0.5, 0.6) is 0 Å². The van der Waals surface area contributed by atoms with Gasteiger partial charge in [0.05, 0.1) is 5.69 Å². The summed E-state index contributed by atoms with van der Waals surface area (Å²) in [6.45, 7) is 9.86. The largest absolute Gasteiger partial charge is 0.384 e. The quantitative estimate of drug-likeness (QED) is 0.227. The van der Waals surface area contributed by atoms with E-state index >= 15 is 0 Å². The standard InChI is InChI=1S/C31H34N6O2/c1-19-17-22(27(32)33)15-16-24(19)34-28-30(39)36(6)18-25(35-28)23-13-10-14-26(20(23)2)37(31(3,4)5)29(38)21-11-8-7-9-12-21/h7-18H,1-6H3,(H3,32,33)(H,34,35). The molecule has 4 aromatic rings. The zero-order chi connectivity index (χ0) is 28.5. The fraction of sp³-hybridized carbons (Fsp3) is 0.226. The first-order chi connectivity index (χ1) is 18.4. The predicted molar refractivity (Wildman–Crippen MR) is 158 cm³/mol. The van der Waals surface area contributed by atoms with Gasteiger partial charge in [-0.3, -0.25) is 15.0 Å². The first kappa shape index (κ1) is 27.3. The number of nitrogens with one attached hydrogen (secondary N) is 2. The second-order valence-electron chi connectivity index (χ2n) is 10.6. The lowest BCUT2D eigenvalue weighted by Crippen LogP contribution is -2.46. The van der Waals surface area contributed by atoms with Crippen LogP contribution in [0.15, 0.2) is 77.7 Å². The Morgan fingerprint density at radius 2 is 1.69 bits per heavy atom. The van der Waals surface area contributed by atoms with E-state index in [-0.39, 0.29) is 23.1 Å². The van der Waals surface area contributed by atoms with Crippen LogP contribution in [0, 0.1) is 19.3 Å². The molecule has 0 spiro atoms. The lowest BCUT2D eigenvalue weighted by atomic mass is 9.97. The molecule has 3 aromatic carbocycles. The van der Waals surface area contributed by atoms with Crippen LogP contribution in [0.4, 0.5) is 17.2 Å². The van der Waals surface area contributed by atoms with E-state index < -0.39 is 5.54 Å². The number of carbonyl (C=O) groups excluding carboxylic acids is 1. The van der Waals surface area contributed by atoms with Crippen molar-refractivity contribution in [2.24, 2.45) is 12.8 Å². The maximum Gasteiger partial charge on any atom is 0.293 e.